The van der Waals surface area contributed by atoms with Crippen LogP contribution in [0.1, 0.15) is 64.4 Å². The molecule has 4 heteroatoms. The molecule has 1 aromatic rings. The molecule has 0 radical (unpaired) electrons. The molecular formula is C23H33N3O. The van der Waals surface area contributed by atoms with Gasteiger partial charge in [-0.15, -0.1) is 0 Å². The first-order valence-electron chi connectivity index (χ1n) is 10.8. The smallest absolute Gasteiger partial charge is 0.246 e. The molecule has 4 nitrogen and oxygen atoms in total. The summed E-state index contributed by atoms with van der Waals surface area (Å²) >= 11 is 0. The summed E-state index contributed by atoms with van der Waals surface area (Å²) in [5.41, 5.74) is 5.00. The van der Waals surface area contributed by atoms with Crippen molar-refractivity contribution in [2.45, 2.75) is 58.8 Å². The van der Waals surface area contributed by atoms with E-state index in [1.807, 2.05) is 0 Å². The lowest BCUT2D eigenvalue weighted by molar-refractivity contribution is -0.138. The highest BCUT2D eigenvalue weighted by Crippen LogP contribution is 2.57. The van der Waals surface area contributed by atoms with Crippen LogP contribution < -0.4 is 10.3 Å². The number of carbonyl (C=O) groups is 1. The number of benzene rings is 1. The van der Waals surface area contributed by atoms with Gasteiger partial charge in [0.2, 0.25) is 5.91 Å². The van der Waals surface area contributed by atoms with Gasteiger partial charge in [-0.05, 0) is 81.4 Å². The van der Waals surface area contributed by atoms with Gasteiger partial charge in [0.25, 0.3) is 0 Å². The molecule has 146 valence electrons. The molecule has 1 aromatic carbocycles. The van der Waals surface area contributed by atoms with Crippen molar-refractivity contribution in [3.8, 4) is 0 Å². The minimum absolute atomic E-state index is 0.142. The summed E-state index contributed by atoms with van der Waals surface area (Å²) in [5, 5.41) is 4.31. The van der Waals surface area contributed by atoms with Crippen LogP contribution in [-0.2, 0) is 4.79 Å². The standard InChI is InChI=1S/C23H33N3O/c1-3-26(4-2)21-9-7-17(8-10-21)16-24-25-22(27)23-13-18-5-6-19(14-23)12-20(11-18)15-23/h7-10,16,18-20H,3-6,11-15H2,1-2H3,(H,25,27)/b24-16-/t18-,19-,20?,23?/m0/s1. The molecule has 4 aliphatic rings. The third-order valence-electron chi connectivity index (χ3n) is 7.24. The van der Waals surface area contributed by atoms with Crippen LogP contribution in [0.4, 0.5) is 5.69 Å². The molecule has 4 fully saturated rings. The van der Waals surface area contributed by atoms with E-state index in [9.17, 15) is 4.79 Å². The van der Waals surface area contributed by atoms with Crippen LogP contribution in [0, 0.1) is 23.2 Å². The van der Waals surface area contributed by atoms with E-state index in [0.29, 0.717) is 0 Å². The molecule has 1 N–H and O–H groups in total. The number of carbonyl (C=O) groups excluding carboxylic acids is 1. The van der Waals surface area contributed by atoms with Gasteiger partial charge in [-0.1, -0.05) is 25.0 Å². The van der Waals surface area contributed by atoms with Crippen LogP contribution in [0.3, 0.4) is 0 Å². The first-order chi connectivity index (χ1) is 13.1. The Balaban J connectivity index is 1.39. The number of nitrogens with one attached hydrogen (secondary N) is 1. The Kier molecular flexibility index (Phi) is 5.25. The number of fused-ring (bicyclic) bond motifs is 1. The number of hydrazone groups is 1. The predicted molar refractivity (Wildman–Crippen MR) is 111 cm³/mol. The fraction of sp³-hybridized carbons (Fsp3) is 0.652. The van der Waals surface area contributed by atoms with Crippen molar-refractivity contribution in [2.24, 2.45) is 28.3 Å². The average Bonchev–Trinajstić information content (AvgIpc) is 2.89. The Bertz CT molecular complexity index is 676. The monoisotopic (exact) mass is 367 g/mol. The van der Waals surface area contributed by atoms with Gasteiger partial charge in [-0.25, -0.2) is 5.43 Å². The molecule has 5 rings (SSSR count). The zero-order valence-electron chi connectivity index (χ0n) is 16.8. The minimum atomic E-state index is -0.142. The molecule has 4 bridgehead atoms. The largest absolute Gasteiger partial charge is 0.372 e. The van der Waals surface area contributed by atoms with Gasteiger partial charge in [0, 0.05) is 18.8 Å². The fourth-order valence-electron chi connectivity index (χ4n) is 6.11. The SMILES string of the molecule is CCN(CC)c1ccc(/C=N\NC(=O)C23CC4C[C@H](CC[C@@H](C4)C2)C3)cc1. The maximum Gasteiger partial charge on any atom is 0.246 e. The zero-order chi connectivity index (χ0) is 18.9. The predicted octanol–water partition coefficient (Wildman–Crippen LogP) is 4.59. The van der Waals surface area contributed by atoms with E-state index in [4.69, 9.17) is 0 Å². The molecule has 0 unspecified atom stereocenters. The number of nitrogens with zero attached hydrogens (tertiary/aromatic N) is 2. The summed E-state index contributed by atoms with van der Waals surface area (Å²) in [7, 11) is 0. The first kappa shape index (κ1) is 18.5. The lowest BCUT2D eigenvalue weighted by atomic mass is 9.58. The molecule has 4 saturated carbocycles. The number of hydrogen-bond acceptors (Lipinski definition) is 3. The third kappa shape index (κ3) is 3.76. The minimum Gasteiger partial charge on any atom is -0.372 e. The van der Waals surface area contributed by atoms with Crippen LogP contribution >= 0.6 is 0 Å². The van der Waals surface area contributed by atoms with E-state index < -0.39 is 0 Å². The summed E-state index contributed by atoms with van der Waals surface area (Å²) in [6.07, 6.45) is 10.4. The second kappa shape index (κ2) is 7.65. The molecule has 0 spiro atoms. The molecule has 0 aromatic heterocycles. The number of rotatable bonds is 6. The number of anilines is 1. The zero-order valence-corrected chi connectivity index (χ0v) is 16.8. The molecule has 4 aliphatic carbocycles. The molecule has 2 atom stereocenters. The Hall–Kier alpha value is -1.84. The first-order valence-corrected chi connectivity index (χ1v) is 10.8. The van der Waals surface area contributed by atoms with Gasteiger partial charge in [0.1, 0.15) is 0 Å². The molecule has 0 aliphatic heterocycles. The fourth-order valence-corrected chi connectivity index (χ4v) is 6.11. The summed E-state index contributed by atoms with van der Waals surface area (Å²) in [6, 6.07) is 8.39. The van der Waals surface area contributed by atoms with Crippen molar-refractivity contribution in [2.75, 3.05) is 18.0 Å². The van der Waals surface area contributed by atoms with Crippen molar-refractivity contribution in [1.82, 2.24) is 5.43 Å². The van der Waals surface area contributed by atoms with Crippen molar-refractivity contribution < 1.29 is 4.79 Å². The molecule has 27 heavy (non-hydrogen) atoms. The van der Waals surface area contributed by atoms with Crippen molar-refractivity contribution in [1.29, 1.82) is 0 Å². The van der Waals surface area contributed by atoms with E-state index in [0.717, 1.165) is 55.7 Å². The van der Waals surface area contributed by atoms with E-state index in [2.05, 4.69) is 53.5 Å². The van der Waals surface area contributed by atoms with Gasteiger partial charge in [0.05, 0.1) is 11.6 Å². The van der Waals surface area contributed by atoms with Crippen LogP contribution in [0.15, 0.2) is 29.4 Å². The van der Waals surface area contributed by atoms with Crippen molar-refractivity contribution in [3.63, 3.8) is 0 Å². The van der Waals surface area contributed by atoms with Gasteiger partial charge < -0.3 is 4.90 Å². The van der Waals surface area contributed by atoms with E-state index >= 15 is 0 Å². The molecule has 0 saturated heterocycles. The average molecular weight is 368 g/mol. The van der Waals surface area contributed by atoms with Crippen LogP contribution in [0.25, 0.3) is 0 Å². The van der Waals surface area contributed by atoms with E-state index in [1.165, 1.54) is 31.4 Å². The number of amides is 1. The summed E-state index contributed by atoms with van der Waals surface area (Å²) in [6.45, 7) is 6.35. The van der Waals surface area contributed by atoms with Crippen LogP contribution in [-0.4, -0.2) is 25.2 Å². The maximum absolute atomic E-state index is 13.0. The summed E-state index contributed by atoms with van der Waals surface area (Å²) in [4.78, 5) is 15.3. The molecular weight excluding hydrogens is 334 g/mol. The van der Waals surface area contributed by atoms with Gasteiger partial charge >= 0.3 is 0 Å². The highest BCUT2D eigenvalue weighted by Gasteiger charge is 2.52. The van der Waals surface area contributed by atoms with Gasteiger partial charge in [0.15, 0.2) is 0 Å². The summed E-state index contributed by atoms with van der Waals surface area (Å²) in [5.74, 6) is 2.46. The van der Waals surface area contributed by atoms with Crippen molar-refractivity contribution >= 4 is 17.8 Å². The normalized spacial score (nSPS) is 31.9. The molecule has 1 amide bonds. The Morgan fingerprint density at radius 1 is 1.07 bits per heavy atom. The second-order valence-electron chi connectivity index (χ2n) is 9.00. The van der Waals surface area contributed by atoms with Gasteiger partial charge in [-0.2, -0.15) is 5.10 Å². The third-order valence-corrected chi connectivity index (χ3v) is 7.24. The van der Waals surface area contributed by atoms with E-state index in [-0.39, 0.29) is 11.3 Å². The highest BCUT2D eigenvalue weighted by molar-refractivity contribution is 5.86. The summed E-state index contributed by atoms with van der Waals surface area (Å²) < 4.78 is 0. The van der Waals surface area contributed by atoms with Crippen molar-refractivity contribution in [3.05, 3.63) is 29.8 Å². The highest BCUT2D eigenvalue weighted by atomic mass is 16.2. The molecule has 0 heterocycles. The van der Waals surface area contributed by atoms with Crippen LogP contribution in [0.2, 0.25) is 0 Å². The lowest BCUT2D eigenvalue weighted by Gasteiger charge is -2.46. The topological polar surface area (TPSA) is 44.7 Å². The van der Waals surface area contributed by atoms with Crippen LogP contribution in [0.5, 0.6) is 0 Å². The Morgan fingerprint density at radius 2 is 1.67 bits per heavy atom. The second-order valence-corrected chi connectivity index (χ2v) is 9.00. The maximum atomic E-state index is 13.0. The Morgan fingerprint density at radius 3 is 2.26 bits per heavy atom. The van der Waals surface area contributed by atoms with E-state index in [1.54, 1.807) is 6.21 Å². The lowest BCUT2D eigenvalue weighted by Crippen LogP contribution is -2.47. The quantitative estimate of drug-likeness (QED) is 0.590. The van der Waals surface area contributed by atoms with Gasteiger partial charge in [-0.3, -0.25) is 4.79 Å². The Labute approximate surface area is 163 Å². The number of hydrogen-bond donors (Lipinski definition) is 1.